The van der Waals surface area contributed by atoms with Crippen LogP contribution >= 0.6 is 22.9 Å². The second-order valence-corrected chi connectivity index (χ2v) is 6.83. The lowest BCUT2D eigenvalue weighted by atomic mass is 9.80. The highest BCUT2D eigenvalue weighted by atomic mass is 35.5. The van der Waals surface area contributed by atoms with E-state index in [-0.39, 0.29) is 5.91 Å². The number of nitrogens with one attached hydrogen (secondary N) is 1. The van der Waals surface area contributed by atoms with Gasteiger partial charge in [-0.2, -0.15) is 0 Å². The summed E-state index contributed by atoms with van der Waals surface area (Å²) in [6, 6.07) is 0. The summed E-state index contributed by atoms with van der Waals surface area (Å²) in [5, 5.41) is 4.00. The topological polar surface area (TPSA) is 42.0 Å². The molecule has 0 spiro atoms. The fourth-order valence-electron chi connectivity index (χ4n) is 2.80. The second kappa shape index (κ2) is 6.71. The first-order chi connectivity index (χ1) is 9.11. The fourth-order valence-corrected chi connectivity index (χ4v) is 4.04. The molecule has 2 rings (SSSR count). The monoisotopic (exact) mass is 300 g/mol. The molecule has 1 saturated carbocycles. The number of aryl methyl sites for hydroxylation is 2. The predicted octanol–water partition coefficient (Wildman–Crippen LogP) is 3.53. The lowest BCUT2D eigenvalue weighted by Crippen LogP contribution is -2.34. The molecule has 1 heterocycles. The van der Waals surface area contributed by atoms with E-state index in [2.05, 4.69) is 10.3 Å². The van der Waals surface area contributed by atoms with Crippen LogP contribution in [0.25, 0.3) is 0 Å². The molecule has 0 saturated heterocycles. The molecule has 1 aliphatic rings. The number of aromatic nitrogens is 1. The average Bonchev–Trinajstić information content (AvgIpc) is 2.75. The molecule has 1 amide bonds. The van der Waals surface area contributed by atoms with Gasteiger partial charge in [-0.1, -0.05) is 12.8 Å². The molecule has 5 heteroatoms. The van der Waals surface area contributed by atoms with Crippen molar-refractivity contribution in [3.63, 3.8) is 0 Å². The van der Waals surface area contributed by atoms with Crippen LogP contribution in [0, 0.1) is 25.7 Å². The number of hydrogen-bond donors (Lipinski definition) is 1. The van der Waals surface area contributed by atoms with E-state index in [4.69, 9.17) is 11.6 Å². The largest absolute Gasteiger partial charge is 0.351 e. The number of thiazole rings is 1. The second-order valence-electron chi connectivity index (χ2n) is 5.32. The van der Waals surface area contributed by atoms with Crippen LogP contribution in [0.4, 0.5) is 0 Å². The number of carbonyl (C=O) groups excluding carboxylic acids is 1. The summed E-state index contributed by atoms with van der Waals surface area (Å²) in [5.41, 5.74) is 0.831. The molecule has 0 bridgehead atoms. The molecule has 1 aromatic rings. The molecule has 0 radical (unpaired) electrons. The Morgan fingerprint density at radius 2 is 2.05 bits per heavy atom. The molecular weight excluding hydrogens is 280 g/mol. The van der Waals surface area contributed by atoms with E-state index in [1.807, 2.05) is 13.8 Å². The van der Waals surface area contributed by atoms with E-state index in [0.29, 0.717) is 17.7 Å². The minimum Gasteiger partial charge on any atom is -0.351 e. The van der Waals surface area contributed by atoms with Gasteiger partial charge in [0.05, 0.1) is 10.7 Å². The Bertz CT molecular complexity index is 447. The summed E-state index contributed by atoms with van der Waals surface area (Å²) in [4.78, 5) is 17.2. The van der Waals surface area contributed by atoms with Gasteiger partial charge in [-0.15, -0.1) is 22.9 Å². The van der Waals surface area contributed by atoms with Crippen molar-refractivity contribution in [3.05, 3.63) is 15.6 Å². The Balaban J connectivity index is 1.91. The number of amides is 1. The minimum atomic E-state index is 0.0157. The Labute approximate surface area is 123 Å². The number of alkyl halides is 1. The molecule has 2 atom stereocenters. The smallest absolute Gasteiger partial charge is 0.263 e. The highest BCUT2D eigenvalue weighted by Crippen LogP contribution is 2.30. The Morgan fingerprint density at radius 3 is 2.63 bits per heavy atom. The van der Waals surface area contributed by atoms with Gasteiger partial charge in [-0.05, 0) is 38.5 Å². The van der Waals surface area contributed by atoms with Gasteiger partial charge >= 0.3 is 0 Å². The van der Waals surface area contributed by atoms with Crippen molar-refractivity contribution in [3.8, 4) is 0 Å². The molecule has 2 unspecified atom stereocenters. The van der Waals surface area contributed by atoms with Crippen LogP contribution in [0.3, 0.4) is 0 Å². The maximum atomic E-state index is 12.1. The van der Waals surface area contributed by atoms with Crippen LogP contribution in [0.5, 0.6) is 0 Å². The number of rotatable bonds is 4. The van der Waals surface area contributed by atoms with Crippen LogP contribution < -0.4 is 5.32 Å². The first kappa shape index (κ1) is 14.8. The third-order valence-corrected chi connectivity index (χ3v) is 5.37. The van der Waals surface area contributed by atoms with Gasteiger partial charge in [-0.3, -0.25) is 4.79 Å². The van der Waals surface area contributed by atoms with E-state index in [1.165, 1.54) is 37.0 Å². The quantitative estimate of drug-likeness (QED) is 0.864. The zero-order valence-corrected chi connectivity index (χ0v) is 13.1. The van der Waals surface area contributed by atoms with Crippen molar-refractivity contribution < 1.29 is 4.79 Å². The van der Waals surface area contributed by atoms with Crippen LogP contribution in [0.15, 0.2) is 0 Å². The third-order valence-electron chi connectivity index (χ3n) is 3.90. The molecule has 0 aromatic carbocycles. The highest BCUT2D eigenvalue weighted by molar-refractivity contribution is 7.13. The third kappa shape index (κ3) is 3.69. The molecule has 1 aromatic heterocycles. The van der Waals surface area contributed by atoms with Crippen LogP contribution in [0.2, 0.25) is 0 Å². The molecule has 19 heavy (non-hydrogen) atoms. The molecule has 1 fully saturated rings. The number of hydrogen-bond acceptors (Lipinski definition) is 3. The van der Waals surface area contributed by atoms with Gasteiger partial charge in [0.15, 0.2) is 0 Å². The van der Waals surface area contributed by atoms with Crippen LogP contribution in [-0.4, -0.2) is 23.3 Å². The first-order valence-corrected chi connectivity index (χ1v) is 8.25. The van der Waals surface area contributed by atoms with E-state index in [1.54, 1.807) is 0 Å². The van der Waals surface area contributed by atoms with Crippen molar-refractivity contribution in [2.75, 3.05) is 12.4 Å². The minimum absolute atomic E-state index is 0.0157. The highest BCUT2D eigenvalue weighted by Gasteiger charge is 2.25. The summed E-state index contributed by atoms with van der Waals surface area (Å²) < 4.78 is 0. The summed E-state index contributed by atoms with van der Waals surface area (Å²) in [7, 11) is 0. The summed E-state index contributed by atoms with van der Waals surface area (Å²) in [6.07, 6.45) is 4.91. The molecule has 1 aliphatic carbocycles. The summed E-state index contributed by atoms with van der Waals surface area (Å²) >= 11 is 7.48. The van der Waals surface area contributed by atoms with Crippen molar-refractivity contribution in [1.82, 2.24) is 10.3 Å². The molecule has 106 valence electrons. The van der Waals surface area contributed by atoms with Crippen molar-refractivity contribution in [2.24, 2.45) is 11.8 Å². The first-order valence-electron chi connectivity index (χ1n) is 6.90. The van der Waals surface area contributed by atoms with E-state index >= 15 is 0 Å². The van der Waals surface area contributed by atoms with Gasteiger partial charge in [-0.25, -0.2) is 4.98 Å². The van der Waals surface area contributed by atoms with Crippen LogP contribution in [-0.2, 0) is 0 Å². The predicted molar refractivity (Wildman–Crippen MR) is 80.1 cm³/mol. The van der Waals surface area contributed by atoms with Crippen molar-refractivity contribution in [2.45, 2.75) is 39.5 Å². The summed E-state index contributed by atoms with van der Waals surface area (Å²) in [5.74, 6) is 1.81. The molecular formula is C14H21ClN2OS. The zero-order valence-electron chi connectivity index (χ0n) is 11.5. The maximum Gasteiger partial charge on any atom is 0.263 e. The van der Waals surface area contributed by atoms with E-state index in [9.17, 15) is 4.79 Å². The molecule has 1 N–H and O–H groups in total. The fraction of sp³-hybridized carbons (Fsp3) is 0.714. The van der Waals surface area contributed by atoms with Gasteiger partial charge in [0.1, 0.15) is 4.88 Å². The Kier molecular flexibility index (Phi) is 5.22. The maximum absolute atomic E-state index is 12.1. The van der Waals surface area contributed by atoms with Crippen LogP contribution in [0.1, 0.15) is 46.1 Å². The standard InChI is InChI=1S/C14H21ClN2OS/c1-9-13(19-10(2)17-9)14(18)16-8-12-6-4-3-5-11(12)7-15/h11-12H,3-8H2,1-2H3,(H,16,18). The van der Waals surface area contributed by atoms with Crippen molar-refractivity contribution >= 4 is 28.8 Å². The van der Waals surface area contributed by atoms with Gasteiger partial charge in [0.2, 0.25) is 0 Å². The SMILES string of the molecule is Cc1nc(C)c(C(=O)NCC2CCCCC2CCl)s1. The van der Waals surface area contributed by atoms with E-state index in [0.717, 1.165) is 22.1 Å². The zero-order chi connectivity index (χ0) is 13.8. The molecule has 0 aliphatic heterocycles. The number of nitrogens with zero attached hydrogens (tertiary/aromatic N) is 1. The normalized spacial score (nSPS) is 23.3. The van der Waals surface area contributed by atoms with Gasteiger partial charge < -0.3 is 5.32 Å². The number of carbonyl (C=O) groups is 1. The van der Waals surface area contributed by atoms with Gasteiger partial charge in [0.25, 0.3) is 5.91 Å². The number of halogens is 1. The van der Waals surface area contributed by atoms with Gasteiger partial charge in [0, 0.05) is 12.4 Å². The van der Waals surface area contributed by atoms with E-state index < -0.39 is 0 Å². The van der Waals surface area contributed by atoms with Crippen molar-refractivity contribution in [1.29, 1.82) is 0 Å². The average molecular weight is 301 g/mol. The summed E-state index contributed by atoms with van der Waals surface area (Å²) in [6.45, 7) is 4.56. The lowest BCUT2D eigenvalue weighted by molar-refractivity contribution is 0.0940. The lowest BCUT2D eigenvalue weighted by Gasteiger charge is -2.30. The Morgan fingerprint density at radius 1 is 1.37 bits per heavy atom. The molecule has 3 nitrogen and oxygen atoms in total. The Hall–Kier alpha value is -0.610.